The first-order chi connectivity index (χ1) is 16.9. The molecule has 0 atom stereocenters. The Morgan fingerprint density at radius 3 is 1.83 bits per heavy atom. The van der Waals surface area contributed by atoms with Crippen molar-refractivity contribution in [2.45, 2.75) is 51.9 Å². The summed E-state index contributed by atoms with van der Waals surface area (Å²) in [5.74, 6) is -4.58. The number of aryl methyl sites for hydroxylation is 5. The standard InChI is InChI=1S/C30H27F5/c1-2-3-4-19-5-9-22(26(31)16-19)10-6-20-8-14-25-24(15-20)13-12-23(29(25)34)11-7-21-17-27(32)30(35)28(33)18-21/h5,8-9,12-18H,2-4,6-7,10-11H2,1H3. The van der Waals surface area contributed by atoms with Gasteiger partial charge in [-0.05, 0) is 89.9 Å². The number of hydrogen-bond donors (Lipinski definition) is 0. The number of benzene rings is 4. The van der Waals surface area contributed by atoms with Gasteiger partial charge >= 0.3 is 0 Å². The van der Waals surface area contributed by atoms with Gasteiger partial charge in [0, 0.05) is 5.39 Å². The first-order valence-corrected chi connectivity index (χ1v) is 12.0. The zero-order valence-electron chi connectivity index (χ0n) is 19.6. The van der Waals surface area contributed by atoms with Gasteiger partial charge in [0.1, 0.15) is 11.6 Å². The van der Waals surface area contributed by atoms with Crippen molar-refractivity contribution in [3.63, 3.8) is 0 Å². The maximum absolute atomic E-state index is 15.1. The molecule has 0 unspecified atom stereocenters. The smallest absolute Gasteiger partial charge is 0.194 e. The Morgan fingerprint density at radius 1 is 0.514 bits per heavy atom. The van der Waals surface area contributed by atoms with E-state index in [0.29, 0.717) is 29.4 Å². The molecule has 182 valence electrons. The summed E-state index contributed by atoms with van der Waals surface area (Å²) in [7, 11) is 0. The summed E-state index contributed by atoms with van der Waals surface area (Å²) in [4.78, 5) is 0. The predicted molar refractivity (Wildman–Crippen MR) is 130 cm³/mol. The second-order valence-electron chi connectivity index (χ2n) is 9.00. The van der Waals surface area contributed by atoms with Crippen LogP contribution in [0.3, 0.4) is 0 Å². The van der Waals surface area contributed by atoms with Crippen LogP contribution in [0.2, 0.25) is 0 Å². The lowest BCUT2D eigenvalue weighted by Crippen LogP contribution is -2.00. The van der Waals surface area contributed by atoms with Gasteiger partial charge in [0.05, 0.1) is 0 Å². The summed E-state index contributed by atoms with van der Waals surface area (Å²) in [6.07, 6.45) is 4.57. The van der Waals surface area contributed by atoms with E-state index in [1.54, 1.807) is 18.2 Å². The van der Waals surface area contributed by atoms with E-state index in [0.717, 1.165) is 47.9 Å². The van der Waals surface area contributed by atoms with Gasteiger partial charge in [-0.2, -0.15) is 0 Å². The molecule has 4 aromatic rings. The van der Waals surface area contributed by atoms with Crippen molar-refractivity contribution >= 4 is 10.8 Å². The number of rotatable bonds is 9. The van der Waals surface area contributed by atoms with Crippen LogP contribution in [-0.2, 0) is 32.1 Å². The summed E-state index contributed by atoms with van der Waals surface area (Å²) in [5, 5.41) is 1.19. The maximum Gasteiger partial charge on any atom is 0.194 e. The molecule has 0 aliphatic carbocycles. The van der Waals surface area contributed by atoms with Crippen LogP contribution in [-0.4, -0.2) is 0 Å². The van der Waals surface area contributed by atoms with Crippen molar-refractivity contribution < 1.29 is 22.0 Å². The topological polar surface area (TPSA) is 0 Å². The van der Waals surface area contributed by atoms with Crippen molar-refractivity contribution in [2.24, 2.45) is 0 Å². The van der Waals surface area contributed by atoms with E-state index in [-0.39, 0.29) is 30.0 Å². The molecule has 0 amide bonds. The van der Waals surface area contributed by atoms with E-state index in [2.05, 4.69) is 6.92 Å². The first-order valence-electron chi connectivity index (χ1n) is 12.0. The van der Waals surface area contributed by atoms with Crippen LogP contribution in [0.1, 0.15) is 47.6 Å². The van der Waals surface area contributed by atoms with Crippen LogP contribution in [0.25, 0.3) is 10.8 Å². The fraction of sp³-hybridized carbons (Fsp3) is 0.267. The zero-order chi connectivity index (χ0) is 24.9. The average molecular weight is 483 g/mol. The Kier molecular flexibility index (Phi) is 7.84. The van der Waals surface area contributed by atoms with Crippen molar-refractivity contribution in [2.75, 3.05) is 0 Å². The maximum atomic E-state index is 15.1. The number of hydrogen-bond acceptors (Lipinski definition) is 0. The highest BCUT2D eigenvalue weighted by molar-refractivity contribution is 5.84. The van der Waals surface area contributed by atoms with Gasteiger partial charge in [-0.25, -0.2) is 22.0 Å². The lowest BCUT2D eigenvalue weighted by molar-refractivity contribution is 0.445. The minimum Gasteiger partial charge on any atom is -0.207 e. The van der Waals surface area contributed by atoms with Crippen molar-refractivity contribution in [3.05, 3.63) is 118 Å². The molecule has 5 heteroatoms. The Labute approximate surface area is 202 Å². The zero-order valence-corrected chi connectivity index (χ0v) is 19.6. The lowest BCUT2D eigenvalue weighted by atomic mass is 9.96. The minimum atomic E-state index is -1.51. The molecule has 0 aromatic heterocycles. The molecule has 0 radical (unpaired) electrons. The summed E-state index contributed by atoms with van der Waals surface area (Å²) in [6.45, 7) is 2.11. The van der Waals surface area contributed by atoms with Crippen LogP contribution in [0.5, 0.6) is 0 Å². The van der Waals surface area contributed by atoms with Gasteiger partial charge < -0.3 is 0 Å². The third-order valence-corrected chi connectivity index (χ3v) is 6.44. The fourth-order valence-corrected chi connectivity index (χ4v) is 4.38. The third kappa shape index (κ3) is 5.90. The van der Waals surface area contributed by atoms with Crippen molar-refractivity contribution in [3.8, 4) is 0 Å². The second kappa shape index (κ2) is 11.0. The molecule has 0 aliphatic rings. The fourth-order valence-electron chi connectivity index (χ4n) is 4.38. The largest absolute Gasteiger partial charge is 0.207 e. The van der Waals surface area contributed by atoms with Crippen molar-refractivity contribution in [1.82, 2.24) is 0 Å². The first kappa shape index (κ1) is 24.9. The molecule has 4 rings (SSSR count). The number of unbranched alkanes of at least 4 members (excludes halogenated alkanes) is 1. The molecule has 0 bridgehead atoms. The van der Waals surface area contributed by atoms with Crippen LogP contribution < -0.4 is 0 Å². The molecular weight excluding hydrogens is 455 g/mol. The van der Waals surface area contributed by atoms with Crippen LogP contribution in [0.4, 0.5) is 22.0 Å². The van der Waals surface area contributed by atoms with Crippen LogP contribution in [0.15, 0.2) is 60.7 Å². The summed E-state index contributed by atoms with van der Waals surface area (Å²) in [5.41, 5.74) is 3.35. The second-order valence-corrected chi connectivity index (χ2v) is 9.00. The van der Waals surface area contributed by atoms with E-state index < -0.39 is 17.5 Å². The predicted octanol–water partition coefficient (Wildman–Crippen LogP) is 8.45. The van der Waals surface area contributed by atoms with E-state index in [1.807, 2.05) is 30.3 Å². The molecule has 0 aliphatic heterocycles. The van der Waals surface area contributed by atoms with Crippen molar-refractivity contribution in [1.29, 1.82) is 0 Å². The van der Waals surface area contributed by atoms with Crippen LogP contribution in [0, 0.1) is 29.1 Å². The highest BCUT2D eigenvalue weighted by Gasteiger charge is 2.13. The molecular formula is C30H27F5. The van der Waals surface area contributed by atoms with Gasteiger partial charge in [-0.3, -0.25) is 0 Å². The Balaban J connectivity index is 1.44. The lowest BCUT2D eigenvalue weighted by Gasteiger charge is -2.10. The molecule has 0 heterocycles. The minimum absolute atomic E-state index is 0.178. The van der Waals surface area contributed by atoms with E-state index in [1.165, 1.54) is 0 Å². The molecule has 0 N–H and O–H groups in total. The quantitative estimate of drug-likeness (QED) is 0.166. The van der Waals surface area contributed by atoms with Gasteiger partial charge in [0.25, 0.3) is 0 Å². The third-order valence-electron chi connectivity index (χ3n) is 6.44. The Hall–Kier alpha value is -3.21. The summed E-state index contributed by atoms with van der Waals surface area (Å²) >= 11 is 0. The molecule has 0 nitrogen and oxygen atoms in total. The highest BCUT2D eigenvalue weighted by atomic mass is 19.2. The highest BCUT2D eigenvalue weighted by Crippen LogP contribution is 2.25. The summed E-state index contributed by atoms with van der Waals surface area (Å²) in [6, 6.07) is 16.3. The van der Waals surface area contributed by atoms with Gasteiger partial charge in [-0.1, -0.05) is 55.8 Å². The monoisotopic (exact) mass is 482 g/mol. The van der Waals surface area contributed by atoms with Gasteiger partial charge in [0.2, 0.25) is 0 Å². The average Bonchev–Trinajstić information content (AvgIpc) is 2.85. The molecule has 0 saturated heterocycles. The molecule has 35 heavy (non-hydrogen) atoms. The normalized spacial score (nSPS) is 11.4. The van der Waals surface area contributed by atoms with E-state index in [4.69, 9.17) is 0 Å². The Morgan fingerprint density at radius 2 is 1.11 bits per heavy atom. The number of halogens is 5. The SMILES string of the molecule is CCCCc1ccc(CCc2ccc3c(F)c(CCc4cc(F)c(F)c(F)c4)ccc3c2)c(F)c1. The number of fused-ring (bicyclic) bond motifs is 1. The molecule has 0 spiro atoms. The summed E-state index contributed by atoms with van der Waals surface area (Å²) < 4.78 is 69.6. The molecule has 0 saturated carbocycles. The van der Waals surface area contributed by atoms with Gasteiger partial charge in [-0.15, -0.1) is 0 Å². The molecule has 4 aromatic carbocycles. The van der Waals surface area contributed by atoms with E-state index in [9.17, 15) is 17.6 Å². The van der Waals surface area contributed by atoms with Crippen LogP contribution >= 0.6 is 0 Å². The molecule has 0 fully saturated rings. The van der Waals surface area contributed by atoms with Gasteiger partial charge in [0.15, 0.2) is 17.5 Å². The van der Waals surface area contributed by atoms with E-state index >= 15 is 4.39 Å². The Bertz CT molecular complexity index is 1320.